The fourth-order valence-corrected chi connectivity index (χ4v) is 6.60. The van der Waals surface area contributed by atoms with Crippen LogP contribution in [0.25, 0.3) is 16.9 Å². The van der Waals surface area contributed by atoms with E-state index in [4.69, 9.17) is 9.84 Å². The number of piperazine rings is 1. The first-order valence-corrected chi connectivity index (χ1v) is 15.1. The van der Waals surface area contributed by atoms with E-state index in [0.717, 1.165) is 6.42 Å². The van der Waals surface area contributed by atoms with E-state index in [1.165, 1.54) is 27.2 Å². The molecule has 0 unspecified atom stereocenters. The van der Waals surface area contributed by atoms with Gasteiger partial charge in [-0.2, -0.15) is 4.31 Å². The lowest BCUT2D eigenvalue weighted by Crippen LogP contribution is -2.48. The van der Waals surface area contributed by atoms with Crippen molar-refractivity contribution in [3.8, 4) is 17.1 Å². The van der Waals surface area contributed by atoms with Gasteiger partial charge in [0.15, 0.2) is 5.82 Å². The lowest BCUT2D eigenvalue weighted by Gasteiger charge is -2.34. The minimum absolute atomic E-state index is 0.0127. The molecule has 0 radical (unpaired) electrons. The van der Waals surface area contributed by atoms with Crippen LogP contribution in [-0.4, -0.2) is 94.7 Å². The summed E-state index contributed by atoms with van der Waals surface area (Å²) in [6.45, 7) is 7.82. The van der Waals surface area contributed by atoms with E-state index in [2.05, 4.69) is 15.0 Å². The Labute approximate surface area is 242 Å². The van der Waals surface area contributed by atoms with Gasteiger partial charge < -0.3 is 24.7 Å². The molecule has 0 aliphatic carbocycles. The lowest BCUT2D eigenvalue weighted by molar-refractivity contribution is -0.757. The highest BCUT2D eigenvalue weighted by Gasteiger charge is 2.30. The van der Waals surface area contributed by atoms with E-state index in [1.54, 1.807) is 19.9 Å². The first kappa shape index (κ1) is 30.9. The standard InChI is InChI=1S/C26H35N7O8S/c1-4-7-22-21(17-27-35)18(3)24-26(34)28-25(29-32(22)24)20-16-19(8-9-23(20)40-5-2)42(38,39)31-13-11-30(12-14-31)10-6-15-41-33(36)37/h8-9,16-17,35H,4-7,10-15H2,1-3H3,(H,28,29,34). The molecule has 228 valence electrons. The third-order valence-corrected chi connectivity index (χ3v) is 9.04. The number of hydrogen-bond donors (Lipinski definition) is 2. The Morgan fingerprint density at radius 1 is 1.24 bits per heavy atom. The molecule has 42 heavy (non-hydrogen) atoms. The van der Waals surface area contributed by atoms with Crippen molar-refractivity contribution >= 4 is 21.8 Å². The predicted octanol–water partition coefficient (Wildman–Crippen LogP) is 2.06. The highest BCUT2D eigenvalue weighted by Crippen LogP contribution is 2.32. The van der Waals surface area contributed by atoms with Crippen LogP contribution in [0.2, 0.25) is 0 Å². The number of H-pyrrole nitrogens is 1. The average molecular weight is 606 g/mol. The molecule has 2 N–H and O–H groups in total. The molecule has 1 fully saturated rings. The van der Waals surface area contributed by atoms with Gasteiger partial charge >= 0.3 is 0 Å². The van der Waals surface area contributed by atoms with Crippen molar-refractivity contribution in [1.82, 2.24) is 23.8 Å². The van der Waals surface area contributed by atoms with Crippen LogP contribution in [0.1, 0.15) is 43.5 Å². The summed E-state index contributed by atoms with van der Waals surface area (Å²) in [5.74, 6) is 0.494. The molecule has 0 amide bonds. The molecule has 1 aliphatic heterocycles. The maximum atomic E-state index is 13.7. The molecule has 0 bridgehead atoms. The molecular formula is C26H35N7O8S. The third-order valence-electron chi connectivity index (χ3n) is 7.15. The highest BCUT2D eigenvalue weighted by atomic mass is 32.2. The molecule has 0 atom stereocenters. The number of oxime groups is 1. The summed E-state index contributed by atoms with van der Waals surface area (Å²) < 4.78 is 36.0. The van der Waals surface area contributed by atoms with Gasteiger partial charge in [-0.25, -0.2) is 12.9 Å². The number of aryl methyl sites for hydroxylation is 2. The summed E-state index contributed by atoms with van der Waals surface area (Å²) in [6.07, 6.45) is 3.06. The van der Waals surface area contributed by atoms with Crippen LogP contribution < -0.4 is 10.3 Å². The Kier molecular flexibility index (Phi) is 9.80. The van der Waals surface area contributed by atoms with E-state index in [0.29, 0.717) is 72.7 Å². The molecular weight excluding hydrogens is 570 g/mol. The van der Waals surface area contributed by atoms with Crippen LogP contribution >= 0.6 is 0 Å². The summed E-state index contributed by atoms with van der Waals surface area (Å²) in [5.41, 5.74) is 2.10. The number of nitrogens with one attached hydrogen (secondary N) is 1. The minimum Gasteiger partial charge on any atom is -0.493 e. The second-order valence-electron chi connectivity index (χ2n) is 9.79. The van der Waals surface area contributed by atoms with Crippen LogP contribution in [0.4, 0.5) is 0 Å². The smallest absolute Gasteiger partial charge is 0.294 e. The van der Waals surface area contributed by atoms with Gasteiger partial charge in [0, 0.05) is 38.3 Å². The Morgan fingerprint density at radius 3 is 2.62 bits per heavy atom. The van der Waals surface area contributed by atoms with Crippen LogP contribution in [-0.2, 0) is 21.3 Å². The van der Waals surface area contributed by atoms with Crippen molar-refractivity contribution in [2.75, 3.05) is 45.9 Å². The summed E-state index contributed by atoms with van der Waals surface area (Å²) in [5, 5.41) is 26.5. The molecule has 1 aliphatic rings. The molecule has 0 saturated carbocycles. The average Bonchev–Trinajstić information content (AvgIpc) is 3.22. The number of hydrogen-bond acceptors (Lipinski definition) is 11. The Bertz CT molecular complexity index is 1630. The Hall–Kier alpha value is -4.02. The van der Waals surface area contributed by atoms with Gasteiger partial charge in [0.2, 0.25) is 10.0 Å². The van der Waals surface area contributed by atoms with Gasteiger partial charge in [-0.05, 0) is 50.5 Å². The molecule has 1 aromatic carbocycles. The van der Waals surface area contributed by atoms with Crippen LogP contribution in [0.5, 0.6) is 5.75 Å². The number of aromatic nitrogens is 3. The summed E-state index contributed by atoms with van der Waals surface area (Å²) in [6, 6.07) is 4.48. The molecule has 1 saturated heterocycles. The van der Waals surface area contributed by atoms with Gasteiger partial charge in [0.1, 0.15) is 11.3 Å². The molecule has 4 rings (SSSR count). The Balaban J connectivity index is 1.67. The van der Waals surface area contributed by atoms with Crippen molar-refractivity contribution in [3.63, 3.8) is 0 Å². The number of sulfonamides is 1. The number of aromatic amines is 1. The zero-order valence-electron chi connectivity index (χ0n) is 23.8. The van der Waals surface area contributed by atoms with Crippen molar-refractivity contribution in [2.45, 2.75) is 44.9 Å². The molecule has 16 heteroatoms. The highest BCUT2D eigenvalue weighted by molar-refractivity contribution is 7.89. The summed E-state index contributed by atoms with van der Waals surface area (Å²) in [7, 11) is -3.90. The minimum atomic E-state index is -3.90. The SMILES string of the molecule is CCCc1c(C=NO)c(C)c2c(=O)[nH]c(-c3cc(S(=O)(=O)N4CCN(CCCO[N+](=O)[O-])CC4)ccc3OCC)nn12. The summed E-state index contributed by atoms with van der Waals surface area (Å²) >= 11 is 0. The number of nitrogens with zero attached hydrogens (tertiary/aromatic N) is 6. The second-order valence-corrected chi connectivity index (χ2v) is 11.7. The zero-order chi connectivity index (χ0) is 30.4. The van der Waals surface area contributed by atoms with Gasteiger partial charge in [-0.3, -0.25) is 4.79 Å². The first-order valence-electron chi connectivity index (χ1n) is 13.7. The Morgan fingerprint density at radius 2 is 1.98 bits per heavy atom. The number of rotatable bonds is 13. The maximum Gasteiger partial charge on any atom is 0.294 e. The van der Waals surface area contributed by atoms with Crippen molar-refractivity contribution in [3.05, 3.63) is 55.5 Å². The van der Waals surface area contributed by atoms with Crippen LogP contribution in [0, 0.1) is 17.0 Å². The van der Waals surface area contributed by atoms with Gasteiger partial charge in [-0.15, -0.1) is 15.2 Å². The fourth-order valence-electron chi connectivity index (χ4n) is 5.15. The number of fused-ring (bicyclic) bond motifs is 1. The predicted molar refractivity (Wildman–Crippen MR) is 153 cm³/mol. The topological polar surface area (TPSA) is 185 Å². The molecule has 15 nitrogen and oxygen atoms in total. The molecule has 3 heterocycles. The van der Waals surface area contributed by atoms with E-state index < -0.39 is 20.7 Å². The van der Waals surface area contributed by atoms with Gasteiger partial charge in [0.25, 0.3) is 10.6 Å². The molecule has 0 spiro atoms. The van der Waals surface area contributed by atoms with E-state index in [-0.39, 0.29) is 30.4 Å². The largest absolute Gasteiger partial charge is 0.493 e. The molecule has 3 aromatic rings. The zero-order valence-corrected chi connectivity index (χ0v) is 24.6. The quantitative estimate of drug-likeness (QED) is 0.0961. The fraction of sp³-hybridized carbons (Fsp3) is 0.500. The van der Waals surface area contributed by atoms with Crippen molar-refractivity contribution < 1.29 is 28.3 Å². The third kappa shape index (κ3) is 6.39. The first-order chi connectivity index (χ1) is 20.1. The normalized spacial score (nSPS) is 15.0. The lowest BCUT2D eigenvalue weighted by atomic mass is 10.1. The van der Waals surface area contributed by atoms with Gasteiger partial charge in [-0.1, -0.05) is 18.5 Å². The van der Waals surface area contributed by atoms with Crippen LogP contribution in [0.15, 0.2) is 33.0 Å². The van der Waals surface area contributed by atoms with Crippen molar-refractivity contribution in [2.24, 2.45) is 5.16 Å². The number of ether oxygens (including phenoxy) is 1. The van der Waals surface area contributed by atoms with E-state index >= 15 is 0 Å². The van der Waals surface area contributed by atoms with E-state index in [1.807, 2.05) is 11.8 Å². The van der Waals surface area contributed by atoms with Crippen LogP contribution in [0.3, 0.4) is 0 Å². The van der Waals surface area contributed by atoms with Gasteiger partial charge in [0.05, 0.1) is 35.6 Å². The second kappa shape index (κ2) is 13.3. The molecule has 2 aromatic heterocycles. The maximum absolute atomic E-state index is 13.7. The van der Waals surface area contributed by atoms with Crippen molar-refractivity contribution in [1.29, 1.82) is 0 Å². The monoisotopic (exact) mass is 605 g/mol. The number of benzene rings is 1. The summed E-state index contributed by atoms with van der Waals surface area (Å²) in [4.78, 5) is 32.8. The van der Waals surface area contributed by atoms with E-state index in [9.17, 15) is 28.5 Å².